The first-order valence-electron chi connectivity index (χ1n) is 14.5. The third-order valence-corrected chi connectivity index (χ3v) is 9.29. The van der Waals surface area contributed by atoms with Gasteiger partial charge in [0.05, 0.1) is 26.4 Å². The number of esters is 1. The van der Waals surface area contributed by atoms with Crippen molar-refractivity contribution >= 4 is 13.7 Å². The molecule has 0 radical (unpaired) electrons. The van der Waals surface area contributed by atoms with Crippen LogP contribution < -0.4 is 25.6 Å². The Morgan fingerprint density at radius 2 is 2.02 bits per heavy atom. The van der Waals surface area contributed by atoms with Crippen molar-refractivity contribution in [3.8, 4) is 11.5 Å². The number of aromatic nitrogens is 2. The lowest BCUT2D eigenvalue weighted by Gasteiger charge is -2.25. The number of benzene rings is 1. The molecule has 1 aromatic carbocycles. The number of nitrogens with one attached hydrogen (secondary N) is 2. The van der Waals surface area contributed by atoms with Crippen molar-refractivity contribution in [1.82, 2.24) is 14.6 Å². The zero-order chi connectivity index (χ0) is 31.9. The third-order valence-electron chi connectivity index (χ3n) is 7.66. The van der Waals surface area contributed by atoms with E-state index in [1.165, 1.54) is 30.9 Å². The monoisotopic (exact) mass is 633 g/mol. The Kier molecular flexibility index (Phi) is 11.0. The van der Waals surface area contributed by atoms with Crippen molar-refractivity contribution < 1.29 is 37.7 Å². The Hall–Kier alpha value is -3.48. The average Bonchev–Trinajstić information content (AvgIpc) is 3.75. The molecule has 2 aliphatic rings. The number of ether oxygens (including phenoxy) is 3. The van der Waals surface area contributed by atoms with Gasteiger partial charge in [0.15, 0.2) is 11.5 Å². The predicted octanol–water partition coefficient (Wildman–Crippen LogP) is 3.39. The minimum absolute atomic E-state index is 0.0883. The van der Waals surface area contributed by atoms with Crippen LogP contribution in [0.3, 0.4) is 0 Å². The number of hydrogen-bond acceptors (Lipinski definition) is 10. The Morgan fingerprint density at radius 1 is 1.25 bits per heavy atom. The molecule has 1 unspecified atom stereocenters. The molecule has 1 spiro atoms. The van der Waals surface area contributed by atoms with Gasteiger partial charge in [0.2, 0.25) is 0 Å². The first kappa shape index (κ1) is 33.4. The van der Waals surface area contributed by atoms with Crippen LogP contribution in [0, 0.1) is 5.41 Å². The summed E-state index contributed by atoms with van der Waals surface area (Å²) in [4.78, 5) is 39.0. The van der Waals surface area contributed by atoms with Crippen LogP contribution in [0.5, 0.6) is 11.5 Å². The SMILES string of the molecule is C=CCCCCOC(=O)[C@H](C)NP(=O)(OC[C@H]1O[C@@H](n2ccc(=O)[nH]c2=O)C2(CC2)[C@@H]1O)Oc1ccc(CC=C)cc1OC. The van der Waals surface area contributed by atoms with E-state index in [4.69, 9.17) is 23.3 Å². The lowest BCUT2D eigenvalue weighted by Crippen LogP contribution is -2.37. The van der Waals surface area contributed by atoms with E-state index >= 15 is 0 Å². The minimum atomic E-state index is -4.35. The zero-order valence-electron chi connectivity index (χ0n) is 24.9. The molecule has 240 valence electrons. The van der Waals surface area contributed by atoms with Gasteiger partial charge in [-0.2, -0.15) is 5.09 Å². The van der Waals surface area contributed by atoms with E-state index in [0.29, 0.717) is 25.7 Å². The van der Waals surface area contributed by atoms with Crippen LogP contribution in [-0.2, 0) is 29.8 Å². The Labute approximate surface area is 255 Å². The van der Waals surface area contributed by atoms with Crippen molar-refractivity contribution in [2.24, 2.45) is 5.41 Å². The van der Waals surface area contributed by atoms with Crippen LogP contribution in [0.2, 0.25) is 0 Å². The van der Waals surface area contributed by atoms with Crippen LogP contribution in [0.4, 0.5) is 0 Å². The van der Waals surface area contributed by atoms with Crippen molar-refractivity contribution in [2.75, 3.05) is 20.3 Å². The molecule has 1 aromatic heterocycles. The number of allylic oxidation sites excluding steroid dienone is 2. The van der Waals surface area contributed by atoms with Gasteiger partial charge < -0.3 is 23.8 Å². The van der Waals surface area contributed by atoms with Gasteiger partial charge in [-0.3, -0.25) is 23.7 Å². The second-order valence-corrected chi connectivity index (χ2v) is 12.6. The molecule has 44 heavy (non-hydrogen) atoms. The quantitative estimate of drug-likeness (QED) is 0.101. The highest BCUT2D eigenvalue weighted by Crippen LogP contribution is 2.62. The average molecular weight is 634 g/mol. The molecule has 3 N–H and O–H groups in total. The summed E-state index contributed by atoms with van der Waals surface area (Å²) in [6.45, 7) is 8.63. The number of aliphatic hydroxyl groups is 1. The zero-order valence-corrected chi connectivity index (χ0v) is 25.8. The number of carbonyl (C=O) groups excluding carboxylic acids is 1. The second-order valence-electron chi connectivity index (χ2n) is 10.9. The van der Waals surface area contributed by atoms with Crippen LogP contribution in [0.15, 0.2) is 65.4 Å². The fourth-order valence-corrected chi connectivity index (χ4v) is 6.63. The lowest BCUT2D eigenvalue weighted by atomic mass is 9.96. The van der Waals surface area contributed by atoms with Crippen LogP contribution >= 0.6 is 7.75 Å². The van der Waals surface area contributed by atoms with Gasteiger partial charge in [-0.1, -0.05) is 18.2 Å². The summed E-state index contributed by atoms with van der Waals surface area (Å²) in [6, 6.07) is 5.11. The Balaban J connectivity index is 1.52. The maximum atomic E-state index is 14.2. The molecule has 1 saturated carbocycles. The number of H-pyrrole nitrogens is 1. The van der Waals surface area contributed by atoms with Crippen LogP contribution in [-0.4, -0.2) is 59.2 Å². The molecular formula is C30H40N3O10P. The second kappa shape index (κ2) is 14.5. The fraction of sp³-hybridized carbons (Fsp3) is 0.500. The summed E-state index contributed by atoms with van der Waals surface area (Å²) in [7, 11) is -2.92. The van der Waals surface area contributed by atoms with E-state index in [1.54, 1.807) is 30.4 Å². The van der Waals surface area contributed by atoms with Gasteiger partial charge in [0.25, 0.3) is 5.56 Å². The summed E-state index contributed by atoms with van der Waals surface area (Å²) >= 11 is 0. The summed E-state index contributed by atoms with van der Waals surface area (Å²) in [5, 5.41) is 13.8. The van der Waals surface area contributed by atoms with E-state index < -0.39 is 61.5 Å². The van der Waals surface area contributed by atoms with Crippen LogP contribution in [0.1, 0.15) is 50.8 Å². The van der Waals surface area contributed by atoms with Gasteiger partial charge in [-0.25, -0.2) is 9.36 Å². The maximum absolute atomic E-state index is 14.2. The van der Waals surface area contributed by atoms with Crippen molar-refractivity contribution in [2.45, 2.75) is 69.9 Å². The molecule has 1 aliphatic carbocycles. The number of hydrogen-bond donors (Lipinski definition) is 3. The number of methoxy groups -OCH3 is 1. The molecular weight excluding hydrogens is 593 g/mol. The molecule has 2 fully saturated rings. The van der Waals surface area contributed by atoms with Gasteiger partial charge in [-0.15, -0.1) is 13.2 Å². The van der Waals surface area contributed by atoms with Gasteiger partial charge in [-0.05, 0) is 63.1 Å². The normalized spacial score (nSPS) is 22.1. The molecule has 1 saturated heterocycles. The van der Waals surface area contributed by atoms with E-state index in [2.05, 4.69) is 23.2 Å². The number of carbonyl (C=O) groups is 1. The molecule has 13 nitrogen and oxygen atoms in total. The van der Waals surface area contributed by atoms with Gasteiger partial charge >= 0.3 is 19.4 Å². The van der Waals surface area contributed by atoms with E-state index in [1.807, 2.05) is 0 Å². The Bertz CT molecular complexity index is 1500. The summed E-state index contributed by atoms with van der Waals surface area (Å²) in [6.07, 6.45) is 5.80. The highest BCUT2D eigenvalue weighted by atomic mass is 31.2. The molecule has 2 aromatic rings. The maximum Gasteiger partial charge on any atom is 0.459 e. The largest absolute Gasteiger partial charge is 0.493 e. The van der Waals surface area contributed by atoms with Crippen LogP contribution in [0.25, 0.3) is 0 Å². The van der Waals surface area contributed by atoms with E-state index in [9.17, 15) is 24.1 Å². The molecule has 5 atom stereocenters. The first-order valence-corrected chi connectivity index (χ1v) is 16.0. The summed E-state index contributed by atoms with van der Waals surface area (Å²) < 4.78 is 43.9. The lowest BCUT2D eigenvalue weighted by molar-refractivity contribution is -0.145. The number of rotatable bonds is 17. The number of aliphatic hydroxyl groups excluding tert-OH is 1. The smallest absolute Gasteiger partial charge is 0.459 e. The van der Waals surface area contributed by atoms with Crippen molar-refractivity contribution in [1.29, 1.82) is 0 Å². The van der Waals surface area contributed by atoms with Gasteiger partial charge in [0, 0.05) is 17.7 Å². The highest BCUT2D eigenvalue weighted by molar-refractivity contribution is 7.52. The number of unbranched alkanes of at least 4 members (excludes halogenated alkanes) is 2. The molecule has 2 heterocycles. The summed E-state index contributed by atoms with van der Waals surface area (Å²) in [5.41, 5.74) is -1.14. The Morgan fingerprint density at radius 3 is 2.68 bits per heavy atom. The molecule has 1 aliphatic heterocycles. The summed E-state index contributed by atoms with van der Waals surface area (Å²) in [5.74, 6) is -0.291. The molecule has 14 heteroatoms. The third kappa shape index (κ3) is 7.77. The number of aromatic amines is 1. The van der Waals surface area contributed by atoms with Crippen molar-refractivity contribution in [3.05, 3.63) is 82.2 Å². The standard InChI is InChI=1S/C30H40N3O10P/c1-5-7-8-9-17-40-27(36)20(3)32-44(38,43-22-12-11-21(10-6-2)18-23(22)39-4)41-19-24-26(35)30(14-15-30)28(42-24)33-16-13-25(34)31-29(33)37/h5-6,11-13,16,18,20,24,26,28,35H,1-2,7-10,14-15,17,19H2,3-4H3,(H,32,38)(H,31,34,37)/t20-,24+,26+,28+,44?/m0/s1. The topological polar surface area (TPSA) is 167 Å². The predicted molar refractivity (Wildman–Crippen MR) is 162 cm³/mol. The fourth-order valence-electron chi connectivity index (χ4n) is 5.11. The van der Waals surface area contributed by atoms with Gasteiger partial charge in [0.1, 0.15) is 18.4 Å². The molecule has 4 rings (SSSR count). The molecule has 0 bridgehead atoms. The minimum Gasteiger partial charge on any atom is -0.493 e. The van der Waals surface area contributed by atoms with Crippen molar-refractivity contribution in [3.63, 3.8) is 0 Å². The highest BCUT2D eigenvalue weighted by Gasteiger charge is 2.64. The molecule has 0 amide bonds. The number of nitrogens with zero attached hydrogens (tertiary/aromatic N) is 1. The van der Waals surface area contributed by atoms with E-state index in [-0.39, 0.29) is 18.1 Å². The van der Waals surface area contributed by atoms with E-state index in [0.717, 1.165) is 18.4 Å². The first-order chi connectivity index (χ1) is 21.1.